The lowest BCUT2D eigenvalue weighted by Gasteiger charge is -2.23. The van der Waals surface area contributed by atoms with Crippen LogP contribution in [0.15, 0.2) is 18.2 Å². The van der Waals surface area contributed by atoms with Gasteiger partial charge in [-0.3, -0.25) is 0 Å². The molecule has 3 nitrogen and oxygen atoms in total. The number of hydrogen-bond donors (Lipinski definition) is 1. The molecule has 0 spiro atoms. The first-order valence-electron chi connectivity index (χ1n) is 7.52. The van der Waals surface area contributed by atoms with Gasteiger partial charge in [0.15, 0.2) is 0 Å². The summed E-state index contributed by atoms with van der Waals surface area (Å²) in [6.07, 6.45) is 4.98. The van der Waals surface area contributed by atoms with E-state index in [-0.39, 0.29) is 18.0 Å². The molecule has 0 radical (unpaired) electrons. The molecule has 2 fully saturated rings. The second-order valence-corrected chi connectivity index (χ2v) is 5.91. The third kappa shape index (κ3) is 2.75. The minimum Gasteiger partial charge on any atom is -0.485 e. The second kappa shape index (κ2) is 5.60. The van der Waals surface area contributed by atoms with Crippen LogP contribution in [0.25, 0.3) is 0 Å². The molecule has 2 aliphatic rings. The average molecular weight is 279 g/mol. The van der Waals surface area contributed by atoms with E-state index in [1.165, 1.54) is 25.0 Å². The SMILES string of the molecule is CCC[C@H]1OCC(Oc2cc(F)ccc2N)[C@H]1C1CC1. The molecule has 0 bridgehead atoms. The van der Waals surface area contributed by atoms with E-state index in [1.54, 1.807) is 6.07 Å². The monoisotopic (exact) mass is 279 g/mol. The Hall–Kier alpha value is -1.29. The van der Waals surface area contributed by atoms with Crippen molar-refractivity contribution in [3.8, 4) is 5.75 Å². The van der Waals surface area contributed by atoms with Crippen molar-refractivity contribution in [2.45, 2.75) is 44.8 Å². The first-order chi connectivity index (χ1) is 9.69. The van der Waals surface area contributed by atoms with Crippen LogP contribution in [0.1, 0.15) is 32.6 Å². The third-order valence-corrected chi connectivity index (χ3v) is 4.33. The summed E-state index contributed by atoms with van der Waals surface area (Å²) in [5.74, 6) is 1.26. The largest absolute Gasteiger partial charge is 0.485 e. The minimum atomic E-state index is -0.318. The molecule has 3 atom stereocenters. The van der Waals surface area contributed by atoms with Gasteiger partial charge in [0.05, 0.1) is 18.4 Å². The van der Waals surface area contributed by atoms with Crippen LogP contribution in [0.2, 0.25) is 0 Å². The molecule has 1 heterocycles. The number of ether oxygens (including phenoxy) is 2. The van der Waals surface area contributed by atoms with Crippen molar-refractivity contribution in [2.24, 2.45) is 11.8 Å². The number of benzene rings is 1. The Bertz CT molecular complexity index is 476. The predicted molar refractivity (Wildman–Crippen MR) is 76.1 cm³/mol. The summed E-state index contributed by atoms with van der Waals surface area (Å²) < 4.78 is 25.2. The van der Waals surface area contributed by atoms with E-state index < -0.39 is 0 Å². The molecule has 1 saturated carbocycles. The molecule has 1 aliphatic carbocycles. The lowest BCUT2D eigenvalue weighted by molar-refractivity contribution is 0.0773. The molecule has 1 aromatic rings. The molecule has 110 valence electrons. The highest BCUT2D eigenvalue weighted by Crippen LogP contribution is 2.46. The van der Waals surface area contributed by atoms with Crippen LogP contribution >= 0.6 is 0 Å². The zero-order chi connectivity index (χ0) is 14.1. The molecule has 20 heavy (non-hydrogen) atoms. The van der Waals surface area contributed by atoms with Crippen LogP contribution in [0.3, 0.4) is 0 Å². The fraction of sp³-hybridized carbons (Fsp3) is 0.625. The van der Waals surface area contributed by atoms with Gasteiger partial charge in [-0.2, -0.15) is 0 Å². The molecule has 1 aromatic carbocycles. The van der Waals surface area contributed by atoms with Crippen LogP contribution < -0.4 is 10.5 Å². The maximum absolute atomic E-state index is 13.3. The summed E-state index contributed by atoms with van der Waals surface area (Å²) in [4.78, 5) is 0. The Balaban J connectivity index is 1.74. The van der Waals surface area contributed by atoms with Gasteiger partial charge in [0.1, 0.15) is 17.7 Å². The summed E-state index contributed by atoms with van der Waals surface area (Å²) in [6, 6.07) is 4.27. The summed E-state index contributed by atoms with van der Waals surface area (Å²) in [5.41, 5.74) is 6.35. The molecule has 3 rings (SSSR count). The minimum absolute atomic E-state index is 0.00292. The van der Waals surface area contributed by atoms with Crippen molar-refractivity contribution in [3.05, 3.63) is 24.0 Å². The van der Waals surface area contributed by atoms with Crippen LogP contribution in [0, 0.1) is 17.7 Å². The highest BCUT2D eigenvalue weighted by Gasteiger charge is 2.47. The Labute approximate surface area is 119 Å². The third-order valence-electron chi connectivity index (χ3n) is 4.33. The zero-order valence-electron chi connectivity index (χ0n) is 11.8. The van der Waals surface area contributed by atoms with Crippen LogP contribution in [-0.4, -0.2) is 18.8 Å². The summed E-state index contributed by atoms with van der Waals surface area (Å²) in [5, 5.41) is 0. The molecular formula is C16H22FNO2. The van der Waals surface area contributed by atoms with Crippen molar-refractivity contribution in [1.82, 2.24) is 0 Å². The van der Waals surface area contributed by atoms with Gasteiger partial charge in [0, 0.05) is 12.0 Å². The maximum atomic E-state index is 13.3. The van der Waals surface area contributed by atoms with Crippen molar-refractivity contribution in [3.63, 3.8) is 0 Å². The van der Waals surface area contributed by atoms with Crippen molar-refractivity contribution < 1.29 is 13.9 Å². The number of hydrogen-bond acceptors (Lipinski definition) is 3. The van der Waals surface area contributed by atoms with E-state index in [0.717, 1.165) is 12.8 Å². The number of nitrogens with two attached hydrogens (primary N) is 1. The van der Waals surface area contributed by atoms with E-state index in [0.29, 0.717) is 29.9 Å². The number of rotatable bonds is 5. The van der Waals surface area contributed by atoms with Crippen LogP contribution in [-0.2, 0) is 4.74 Å². The average Bonchev–Trinajstić information content (AvgIpc) is 3.18. The smallest absolute Gasteiger partial charge is 0.145 e. The molecular weight excluding hydrogens is 257 g/mol. The maximum Gasteiger partial charge on any atom is 0.145 e. The highest BCUT2D eigenvalue weighted by atomic mass is 19.1. The van der Waals surface area contributed by atoms with E-state index >= 15 is 0 Å². The fourth-order valence-electron chi connectivity index (χ4n) is 3.21. The molecule has 1 unspecified atom stereocenters. The topological polar surface area (TPSA) is 44.5 Å². The van der Waals surface area contributed by atoms with Gasteiger partial charge in [-0.05, 0) is 37.3 Å². The highest BCUT2D eigenvalue weighted by molar-refractivity contribution is 5.52. The molecule has 0 aromatic heterocycles. The summed E-state index contributed by atoms with van der Waals surface area (Å²) >= 11 is 0. The van der Waals surface area contributed by atoms with Gasteiger partial charge in [-0.25, -0.2) is 4.39 Å². The Morgan fingerprint density at radius 1 is 1.40 bits per heavy atom. The van der Waals surface area contributed by atoms with E-state index in [2.05, 4.69) is 6.92 Å². The van der Waals surface area contributed by atoms with Gasteiger partial charge >= 0.3 is 0 Å². The predicted octanol–water partition coefficient (Wildman–Crippen LogP) is 3.38. The van der Waals surface area contributed by atoms with Gasteiger partial charge in [-0.1, -0.05) is 13.3 Å². The molecule has 1 aliphatic heterocycles. The Morgan fingerprint density at radius 2 is 2.20 bits per heavy atom. The van der Waals surface area contributed by atoms with Crippen molar-refractivity contribution in [2.75, 3.05) is 12.3 Å². The van der Waals surface area contributed by atoms with Crippen molar-refractivity contribution >= 4 is 5.69 Å². The molecule has 4 heteroatoms. The number of anilines is 1. The van der Waals surface area contributed by atoms with E-state index in [9.17, 15) is 4.39 Å². The number of halogens is 1. The van der Waals surface area contributed by atoms with Crippen molar-refractivity contribution in [1.29, 1.82) is 0 Å². The first kappa shape index (κ1) is 13.7. The molecule has 1 saturated heterocycles. The summed E-state index contributed by atoms with van der Waals surface area (Å²) in [6.45, 7) is 2.76. The van der Waals surface area contributed by atoms with Gasteiger partial charge in [0.25, 0.3) is 0 Å². The van der Waals surface area contributed by atoms with E-state index in [4.69, 9.17) is 15.2 Å². The number of nitrogen functional groups attached to an aromatic ring is 1. The second-order valence-electron chi connectivity index (χ2n) is 5.91. The van der Waals surface area contributed by atoms with Gasteiger partial charge < -0.3 is 15.2 Å². The standard InChI is InChI=1S/C16H22FNO2/c1-2-3-13-16(10-4-5-10)15(9-19-13)20-14-8-11(17)6-7-12(14)18/h6-8,10,13,15-16H,2-5,9,18H2,1H3/t13-,15?,16+/m1/s1. The Kier molecular flexibility index (Phi) is 3.83. The zero-order valence-corrected chi connectivity index (χ0v) is 11.8. The Morgan fingerprint density at radius 3 is 2.90 bits per heavy atom. The fourth-order valence-corrected chi connectivity index (χ4v) is 3.21. The molecule has 2 N–H and O–H groups in total. The lowest BCUT2D eigenvalue weighted by Crippen LogP contribution is -2.31. The summed E-state index contributed by atoms with van der Waals surface area (Å²) in [7, 11) is 0. The van der Waals surface area contributed by atoms with Crippen LogP contribution in [0.5, 0.6) is 5.75 Å². The normalized spacial score (nSPS) is 29.6. The molecule has 0 amide bonds. The first-order valence-corrected chi connectivity index (χ1v) is 7.52. The van der Waals surface area contributed by atoms with E-state index in [1.807, 2.05) is 0 Å². The van der Waals surface area contributed by atoms with Gasteiger partial charge in [0.2, 0.25) is 0 Å². The lowest BCUT2D eigenvalue weighted by atomic mass is 9.91. The van der Waals surface area contributed by atoms with Gasteiger partial charge in [-0.15, -0.1) is 0 Å². The quantitative estimate of drug-likeness (QED) is 0.840. The van der Waals surface area contributed by atoms with Crippen LogP contribution in [0.4, 0.5) is 10.1 Å².